The second-order valence-electron chi connectivity index (χ2n) is 5.59. The van der Waals surface area contributed by atoms with E-state index in [2.05, 4.69) is 5.32 Å². The van der Waals surface area contributed by atoms with Crippen LogP contribution in [0.3, 0.4) is 0 Å². The Labute approximate surface area is 133 Å². The molecular formula is C17H16ClNO3. The Hall–Kier alpha value is -1.91. The zero-order chi connectivity index (χ0) is 15.1. The summed E-state index contributed by atoms with van der Waals surface area (Å²) in [7, 11) is 0. The molecule has 1 atom stereocenters. The van der Waals surface area contributed by atoms with E-state index in [0.717, 1.165) is 36.4 Å². The number of nitrogens with one attached hydrogen (secondary N) is 1. The van der Waals surface area contributed by atoms with Crippen molar-refractivity contribution in [2.45, 2.75) is 12.3 Å². The topological polar surface area (TPSA) is 50.7 Å². The van der Waals surface area contributed by atoms with Gasteiger partial charge in [0.25, 0.3) is 0 Å². The van der Waals surface area contributed by atoms with Gasteiger partial charge >= 0.3 is 0 Å². The molecule has 0 radical (unpaired) electrons. The standard InChI is InChI=1S/C17H16ClNO3/c18-16-12-5-6-19-8-14(10-1-3-11(20)4-2-10)13(12)7-15-17(16)22-9-21-15/h1-4,7,14,19-20H,5-6,8-9H2. The third-order valence-corrected chi connectivity index (χ3v) is 4.71. The number of rotatable bonds is 1. The van der Waals surface area contributed by atoms with Crippen molar-refractivity contribution < 1.29 is 14.6 Å². The van der Waals surface area contributed by atoms with Crippen molar-refractivity contribution in [1.82, 2.24) is 5.32 Å². The van der Waals surface area contributed by atoms with Crippen molar-refractivity contribution in [3.05, 3.63) is 52.0 Å². The van der Waals surface area contributed by atoms with Gasteiger partial charge in [0.2, 0.25) is 6.79 Å². The third-order valence-electron chi connectivity index (χ3n) is 4.31. The van der Waals surface area contributed by atoms with E-state index >= 15 is 0 Å². The Balaban J connectivity index is 1.86. The van der Waals surface area contributed by atoms with Gasteiger partial charge in [0.15, 0.2) is 11.5 Å². The van der Waals surface area contributed by atoms with Crippen molar-refractivity contribution in [1.29, 1.82) is 0 Å². The first-order valence-electron chi connectivity index (χ1n) is 7.34. The lowest BCUT2D eigenvalue weighted by Gasteiger charge is -2.20. The fourth-order valence-corrected chi connectivity index (χ4v) is 3.55. The second-order valence-corrected chi connectivity index (χ2v) is 5.97. The predicted octanol–water partition coefficient (Wildman–Crippen LogP) is 3.05. The first kappa shape index (κ1) is 13.7. The van der Waals surface area contributed by atoms with Crippen LogP contribution in [0.1, 0.15) is 22.6 Å². The molecule has 0 saturated heterocycles. The van der Waals surface area contributed by atoms with Crippen LogP contribution in [-0.2, 0) is 6.42 Å². The quantitative estimate of drug-likeness (QED) is 0.849. The molecule has 22 heavy (non-hydrogen) atoms. The average Bonchev–Trinajstić information content (AvgIpc) is 2.89. The molecule has 4 nitrogen and oxygen atoms in total. The van der Waals surface area contributed by atoms with Crippen molar-refractivity contribution in [3.8, 4) is 17.2 Å². The summed E-state index contributed by atoms with van der Waals surface area (Å²) in [6.07, 6.45) is 0.861. The van der Waals surface area contributed by atoms with E-state index in [-0.39, 0.29) is 18.5 Å². The van der Waals surface area contributed by atoms with Gasteiger partial charge in [0, 0.05) is 12.5 Å². The Kier molecular flexibility index (Phi) is 3.36. The molecule has 0 fully saturated rings. The van der Waals surface area contributed by atoms with Gasteiger partial charge in [-0.1, -0.05) is 23.7 Å². The second kappa shape index (κ2) is 5.38. The summed E-state index contributed by atoms with van der Waals surface area (Å²) in [6, 6.07) is 9.39. The van der Waals surface area contributed by atoms with Crippen LogP contribution in [0.25, 0.3) is 0 Å². The van der Waals surface area contributed by atoms with Gasteiger partial charge in [-0.25, -0.2) is 0 Å². The number of phenols is 1. The maximum Gasteiger partial charge on any atom is 0.231 e. The number of hydrogen-bond acceptors (Lipinski definition) is 4. The average molecular weight is 318 g/mol. The lowest BCUT2D eigenvalue weighted by Crippen LogP contribution is -2.20. The van der Waals surface area contributed by atoms with Crippen LogP contribution in [0.2, 0.25) is 5.02 Å². The molecule has 2 aliphatic heterocycles. The van der Waals surface area contributed by atoms with Crippen molar-refractivity contribution in [2.24, 2.45) is 0 Å². The largest absolute Gasteiger partial charge is 0.508 e. The fraction of sp³-hybridized carbons (Fsp3) is 0.294. The van der Waals surface area contributed by atoms with Gasteiger partial charge in [-0.2, -0.15) is 0 Å². The molecule has 0 bridgehead atoms. The van der Waals surface area contributed by atoms with E-state index in [0.29, 0.717) is 10.8 Å². The monoisotopic (exact) mass is 317 g/mol. The highest BCUT2D eigenvalue weighted by Crippen LogP contribution is 2.46. The first-order chi connectivity index (χ1) is 10.7. The van der Waals surface area contributed by atoms with E-state index in [9.17, 15) is 5.11 Å². The molecule has 2 N–H and O–H groups in total. The molecule has 2 aliphatic rings. The normalized spacial score (nSPS) is 19.6. The highest BCUT2D eigenvalue weighted by molar-refractivity contribution is 6.33. The van der Waals surface area contributed by atoms with Gasteiger partial charge in [-0.3, -0.25) is 0 Å². The molecule has 114 valence electrons. The van der Waals surface area contributed by atoms with Crippen molar-refractivity contribution in [3.63, 3.8) is 0 Å². The molecule has 0 saturated carbocycles. The lowest BCUT2D eigenvalue weighted by molar-refractivity contribution is 0.174. The van der Waals surface area contributed by atoms with Crippen LogP contribution >= 0.6 is 11.6 Å². The number of halogens is 1. The minimum Gasteiger partial charge on any atom is -0.508 e. The number of ether oxygens (including phenoxy) is 2. The molecule has 4 rings (SSSR count). The Bertz CT molecular complexity index is 715. The molecule has 0 aliphatic carbocycles. The number of phenolic OH excluding ortho intramolecular Hbond substituents is 1. The maximum absolute atomic E-state index is 9.50. The first-order valence-corrected chi connectivity index (χ1v) is 7.72. The van der Waals surface area contributed by atoms with Crippen LogP contribution in [0.4, 0.5) is 0 Å². The molecule has 5 heteroatoms. The molecule has 2 aromatic carbocycles. The van der Waals surface area contributed by atoms with Crippen LogP contribution in [-0.4, -0.2) is 25.0 Å². The van der Waals surface area contributed by atoms with E-state index in [1.807, 2.05) is 18.2 Å². The van der Waals surface area contributed by atoms with Crippen LogP contribution < -0.4 is 14.8 Å². The number of aromatic hydroxyl groups is 1. The molecule has 2 aromatic rings. The molecule has 0 amide bonds. The zero-order valence-electron chi connectivity index (χ0n) is 11.9. The molecule has 2 heterocycles. The molecule has 1 unspecified atom stereocenters. The van der Waals surface area contributed by atoms with Crippen LogP contribution in [0, 0.1) is 0 Å². The highest BCUT2D eigenvalue weighted by Gasteiger charge is 2.28. The van der Waals surface area contributed by atoms with Crippen molar-refractivity contribution in [2.75, 3.05) is 19.9 Å². The minimum atomic E-state index is 0.171. The minimum absolute atomic E-state index is 0.171. The SMILES string of the molecule is Oc1ccc(C2CNCCc3c2cc2c(c3Cl)OCO2)cc1. The van der Waals surface area contributed by atoms with Gasteiger partial charge in [-0.05, 0) is 47.9 Å². The maximum atomic E-state index is 9.50. The van der Waals surface area contributed by atoms with Crippen molar-refractivity contribution >= 4 is 11.6 Å². The smallest absolute Gasteiger partial charge is 0.231 e. The fourth-order valence-electron chi connectivity index (χ4n) is 3.20. The summed E-state index contributed by atoms with van der Waals surface area (Å²) in [6.45, 7) is 1.93. The van der Waals surface area contributed by atoms with E-state index in [1.165, 1.54) is 5.56 Å². The van der Waals surface area contributed by atoms with Gasteiger partial charge in [0.1, 0.15) is 5.75 Å². The summed E-state index contributed by atoms with van der Waals surface area (Å²) in [4.78, 5) is 0. The van der Waals surface area contributed by atoms with E-state index in [1.54, 1.807) is 12.1 Å². The summed E-state index contributed by atoms with van der Waals surface area (Å²) in [5, 5.41) is 13.6. The molecule has 0 spiro atoms. The van der Waals surface area contributed by atoms with E-state index < -0.39 is 0 Å². The lowest BCUT2D eigenvalue weighted by atomic mass is 9.87. The summed E-state index contributed by atoms with van der Waals surface area (Å²) in [5.74, 6) is 1.82. The molecule has 0 aromatic heterocycles. The predicted molar refractivity (Wildman–Crippen MR) is 84.1 cm³/mol. The number of fused-ring (bicyclic) bond motifs is 2. The summed E-state index contributed by atoms with van der Waals surface area (Å²) >= 11 is 6.55. The molecular weight excluding hydrogens is 302 g/mol. The van der Waals surface area contributed by atoms with Crippen LogP contribution in [0.5, 0.6) is 17.2 Å². The van der Waals surface area contributed by atoms with Gasteiger partial charge < -0.3 is 19.9 Å². The third kappa shape index (κ3) is 2.19. The number of hydrogen-bond donors (Lipinski definition) is 2. The van der Waals surface area contributed by atoms with Gasteiger partial charge in [0.05, 0.1) is 5.02 Å². The van der Waals surface area contributed by atoms with Gasteiger partial charge in [-0.15, -0.1) is 0 Å². The Morgan fingerprint density at radius 1 is 1.18 bits per heavy atom. The Morgan fingerprint density at radius 3 is 2.82 bits per heavy atom. The van der Waals surface area contributed by atoms with Crippen LogP contribution in [0.15, 0.2) is 30.3 Å². The highest BCUT2D eigenvalue weighted by atomic mass is 35.5. The zero-order valence-corrected chi connectivity index (χ0v) is 12.7. The summed E-state index contributed by atoms with van der Waals surface area (Å²) in [5.41, 5.74) is 3.43. The summed E-state index contributed by atoms with van der Waals surface area (Å²) < 4.78 is 11.0. The Morgan fingerprint density at radius 2 is 2.00 bits per heavy atom. The number of benzene rings is 2. The van der Waals surface area contributed by atoms with E-state index in [4.69, 9.17) is 21.1 Å².